The Morgan fingerprint density at radius 3 is 2.29 bits per heavy atom. The molecule has 4 aromatic rings. The Hall–Kier alpha value is -3.68. The van der Waals surface area contributed by atoms with Crippen LogP contribution >= 0.6 is 0 Å². The van der Waals surface area contributed by atoms with Gasteiger partial charge in [0.25, 0.3) is 0 Å². The van der Waals surface area contributed by atoms with Gasteiger partial charge in [0.1, 0.15) is 12.7 Å². The van der Waals surface area contributed by atoms with Crippen LogP contribution in [0.2, 0.25) is 0 Å². The Morgan fingerprint density at radius 2 is 1.65 bits per heavy atom. The molecule has 1 amide bonds. The molecule has 0 spiro atoms. The number of carbonyl (C=O) groups is 1. The second-order valence-electron chi connectivity index (χ2n) is 7.51. The highest BCUT2D eigenvalue weighted by atomic mass is 16.2. The average Bonchev–Trinajstić information content (AvgIpc) is 3.39. The quantitative estimate of drug-likeness (QED) is 0.453. The minimum Gasteiger partial charge on any atom is -0.352 e. The highest BCUT2D eigenvalue weighted by molar-refractivity contribution is 5.78. The maximum atomic E-state index is 12.8. The molecule has 2 aromatic heterocycles. The van der Waals surface area contributed by atoms with E-state index in [1.165, 1.54) is 6.33 Å². The first-order chi connectivity index (χ1) is 15.2. The third kappa shape index (κ3) is 4.74. The van der Waals surface area contributed by atoms with Crippen LogP contribution in [0.1, 0.15) is 30.9 Å². The molecule has 4 rings (SSSR count). The molecule has 0 saturated heterocycles. The predicted molar refractivity (Wildman–Crippen MR) is 119 cm³/mol. The molecule has 0 radical (unpaired) electrons. The van der Waals surface area contributed by atoms with Crippen LogP contribution in [-0.2, 0) is 31.0 Å². The van der Waals surface area contributed by atoms with E-state index in [4.69, 9.17) is 0 Å². The molecule has 0 bridgehead atoms. The molecular formula is C23H26N6O2. The van der Waals surface area contributed by atoms with Gasteiger partial charge in [-0.1, -0.05) is 43.3 Å². The van der Waals surface area contributed by atoms with Gasteiger partial charge < -0.3 is 5.32 Å². The molecule has 2 aromatic carbocycles. The summed E-state index contributed by atoms with van der Waals surface area (Å²) < 4.78 is 5.24. The SMILES string of the molecule is CCCn1c(=O)n(CCC(=O)NCc2ccc(Cn3cncn3)cc2)c2ccccc21. The van der Waals surface area contributed by atoms with Crippen LogP contribution in [0.4, 0.5) is 0 Å². The summed E-state index contributed by atoms with van der Waals surface area (Å²) in [5, 5.41) is 7.04. The fourth-order valence-corrected chi connectivity index (χ4v) is 3.69. The molecule has 160 valence electrons. The molecule has 0 aliphatic heterocycles. The summed E-state index contributed by atoms with van der Waals surface area (Å²) in [6, 6.07) is 15.8. The number of imidazole rings is 1. The molecule has 0 aliphatic rings. The number of hydrogen-bond donors (Lipinski definition) is 1. The molecule has 0 saturated carbocycles. The number of benzene rings is 2. The van der Waals surface area contributed by atoms with Crippen molar-refractivity contribution < 1.29 is 4.79 Å². The van der Waals surface area contributed by atoms with Crippen LogP contribution in [0, 0.1) is 0 Å². The highest BCUT2D eigenvalue weighted by Crippen LogP contribution is 2.13. The third-order valence-electron chi connectivity index (χ3n) is 5.26. The molecule has 1 N–H and O–H groups in total. The number of nitrogens with zero attached hydrogens (tertiary/aromatic N) is 5. The van der Waals surface area contributed by atoms with Crippen molar-refractivity contribution in [3.63, 3.8) is 0 Å². The average molecular weight is 419 g/mol. The van der Waals surface area contributed by atoms with Gasteiger partial charge in [-0.15, -0.1) is 0 Å². The zero-order valence-corrected chi connectivity index (χ0v) is 17.6. The van der Waals surface area contributed by atoms with Crippen molar-refractivity contribution >= 4 is 16.9 Å². The van der Waals surface area contributed by atoms with E-state index in [1.54, 1.807) is 20.1 Å². The summed E-state index contributed by atoms with van der Waals surface area (Å²) in [5.74, 6) is -0.0779. The molecule has 2 heterocycles. The monoisotopic (exact) mass is 418 g/mol. The first-order valence-electron chi connectivity index (χ1n) is 10.5. The molecule has 0 fully saturated rings. The van der Waals surface area contributed by atoms with Crippen LogP contribution in [0.5, 0.6) is 0 Å². The fourth-order valence-electron chi connectivity index (χ4n) is 3.69. The number of nitrogens with one attached hydrogen (secondary N) is 1. The van der Waals surface area contributed by atoms with Crippen molar-refractivity contribution in [3.8, 4) is 0 Å². The van der Waals surface area contributed by atoms with Crippen molar-refractivity contribution in [3.05, 3.63) is 82.8 Å². The van der Waals surface area contributed by atoms with Crippen LogP contribution < -0.4 is 11.0 Å². The number of amides is 1. The van der Waals surface area contributed by atoms with E-state index in [2.05, 4.69) is 15.4 Å². The van der Waals surface area contributed by atoms with E-state index in [0.717, 1.165) is 28.6 Å². The minimum atomic E-state index is -0.0779. The van der Waals surface area contributed by atoms with E-state index in [-0.39, 0.29) is 18.0 Å². The summed E-state index contributed by atoms with van der Waals surface area (Å²) >= 11 is 0. The third-order valence-corrected chi connectivity index (χ3v) is 5.26. The zero-order valence-electron chi connectivity index (χ0n) is 17.6. The van der Waals surface area contributed by atoms with Gasteiger partial charge >= 0.3 is 5.69 Å². The van der Waals surface area contributed by atoms with E-state index in [9.17, 15) is 9.59 Å². The Morgan fingerprint density at radius 1 is 0.968 bits per heavy atom. The van der Waals surface area contributed by atoms with Crippen LogP contribution in [0.3, 0.4) is 0 Å². The lowest BCUT2D eigenvalue weighted by atomic mass is 10.1. The van der Waals surface area contributed by atoms with Crippen molar-refractivity contribution in [2.45, 2.75) is 45.9 Å². The number of aryl methyl sites for hydroxylation is 2. The van der Waals surface area contributed by atoms with E-state index in [1.807, 2.05) is 55.5 Å². The number of aromatic nitrogens is 5. The van der Waals surface area contributed by atoms with Crippen LogP contribution in [-0.4, -0.2) is 29.8 Å². The predicted octanol–water partition coefficient (Wildman–Crippen LogP) is 2.56. The molecule has 0 unspecified atom stereocenters. The lowest BCUT2D eigenvalue weighted by molar-refractivity contribution is -0.121. The van der Waals surface area contributed by atoms with E-state index < -0.39 is 0 Å². The van der Waals surface area contributed by atoms with Gasteiger partial charge in [-0.3, -0.25) is 13.9 Å². The van der Waals surface area contributed by atoms with Crippen molar-refractivity contribution in [2.75, 3.05) is 0 Å². The Bertz CT molecular complexity index is 1210. The number of para-hydroxylation sites is 2. The Labute approximate surface area is 180 Å². The lowest BCUT2D eigenvalue weighted by Gasteiger charge is -2.08. The maximum absolute atomic E-state index is 12.8. The summed E-state index contributed by atoms with van der Waals surface area (Å²) in [6.07, 6.45) is 4.33. The standard InChI is InChI=1S/C23H26N6O2/c1-2-12-28-20-5-3-4-6-21(20)29(23(28)31)13-11-22(30)25-14-18-7-9-19(10-8-18)15-27-17-24-16-26-27/h3-10,16-17H,2,11-15H2,1H3,(H,25,30). The number of fused-ring (bicyclic) bond motifs is 1. The normalized spacial score (nSPS) is 11.1. The van der Waals surface area contributed by atoms with Gasteiger partial charge in [-0.25, -0.2) is 14.5 Å². The summed E-state index contributed by atoms with van der Waals surface area (Å²) in [6.45, 7) is 4.19. The maximum Gasteiger partial charge on any atom is 0.329 e. The highest BCUT2D eigenvalue weighted by Gasteiger charge is 2.13. The van der Waals surface area contributed by atoms with Gasteiger partial charge in [-0.05, 0) is 29.7 Å². The van der Waals surface area contributed by atoms with E-state index in [0.29, 0.717) is 26.2 Å². The molecule has 8 nitrogen and oxygen atoms in total. The van der Waals surface area contributed by atoms with Crippen molar-refractivity contribution in [1.29, 1.82) is 0 Å². The molecule has 0 aliphatic carbocycles. The van der Waals surface area contributed by atoms with Gasteiger partial charge in [0.2, 0.25) is 5.91 Å². The van der Waals surface area contributed by atoms with Gasteiger partial charge in [0.05, 0.1) is 17.6 Å². The van der Waals surface area contributed by atoms with Gasteiger partial charge in [0, 0.05) is 26.1 Å². The number of hydrogen-bond acceptors (Lipinski definition) is 4. The number of carbonyl (C=O) groups excluding carboxylic acids is 1. The fraction of sp³-hybridized carbons (Fsp3) is 0.304. The largest absolute Gasteiger partial charge is 0.352 e. The number of rotatable bonds is 9. The second-order valence-corrected chi connectivity index (χ2v) is 7.51. The first kappa shape index (κ1) is 20.6. The van der Waals surface area contributed by atoms with Gasteiger partial charge in [-0.2, -0.15) is 5.10 Å². The summed E-state index contributed by atoms with van der Waals surface area (Å²) in [4.78, 5) is 29.1. The first-order valence-corrected chi connectivity index (χ1v) is 10.5. The molecular weight excluding hydrogens is 392 g/mol. The molecule has 31 heavy (non-hydrogen) atoms. The Balaban J connectivity index is 1.34. The molecule has 0 atom stereocenters. The smallest absolute Gasteiger partial charge is 0.329 e. The second kappa shape index (κ2) is 9.42. The summed E-state index contributed by atoms with van der Waals surface area (Å²) in [7, 11) is 0. The van der Waals surface area contributed by atoms with Crippen LogP contribution in [0.25, 0.3) is 11.0 Å². The zero-order chi connectivity index (χ0) is 21.6. The molecule has 8 heteroatoms. The van der Waals surface area contributed by atoms with E-state index >= 15 is 0 Å². The lowest BCUT2D eigenvalue weighted by Crippen LogP contribution is -2.28. The Kier molecular flexibility index (Phi) is 6.26. The summed E-state index contributed by atoms with van der Waals surface area (Å²) in [5.41, 5.74) is 3.87. The topological polar surface area (TPSA) is 86.7 Å². The van der Waals surface area contributed by atoms with Crippen molar-refractivity contribution in [1.82, 2.24) is 29.2 Å². The van der Waals surface area contributed by atoms with Crippen LogP contribution in [0.15, 0.2) is 66.0 Å². The van der Waals surface area contributed by atoms with Crippen molar-refractivity contribution in [2.24, 2.45) is 0 Å². The van der Waals surface area contributed by atoms with Gasteiger partial charge in [0.15, 0.2) is 0 Å². The minimum absolute atomic E-state index is 0.0566.